The summed E-state index contributed by atoms with van der Waals surface area (Å²) in [6.45, 7) is 5.83. The van der Waals surface area contributed by atoms with Gasteiger partial charge in [0.15, 0.2) is 5.76 Å². The van der Waals surface area contributed by atoms with E-state index in [9.17, 15) is 0 Å². The minimum absolute atomic E-state index is 0.410. The molecular weight excluding hydrogens is 168 g/mol. The van der Waals surface area contributed by atoms with E-state index in [1.54, 1.807) is 0 Å². The second kappa shape index (κ2) is 4.99. The van der Waals surface area contributed by atoms with Crippen LogP contribution in [0.4, 0.5) is 0 Å². The van der Waals surface area contributed by atoms with Crippen LogP contribution in [-0.2, 0) is 17.9 Å². The Morgan fingerprint density at radius 3 is 2.92 bits per heavy atom. The monoisotopic (exact) mass is 184 g/mol. The average molecular weight is 184 g/mol. The van der Waals surface area contributed by atoms with Crippen molar-refractivity contribution < 1.29 is 9.26 Å². The molecule has 1 aromatic heterocycles. The zero-order valence-corrected chi connectivity index (χ0v) is 8.12. The van der Waals surface area contributed by atoms with Crippen LogP contribution < -0.4 is 5.73 Å². The molecule has 4 nitrogen and oxygen atoms in total. The van der Waals surface area contributed by atoms with Gasteiger partial charge in [-0.25, -0.2) is 0 Å². The predicted octanol–water partition coefficient (Wildman–Crippen LogP) is 1.31. The van der Waals surface area contributed by atoms with Crippen LogP contribution >= 0.6 is 0 Å². The van der Waals surface area contributed by atoms with Gasteiger partial charge < -0.3 is 15.0 Å². The summed E-state index contributed by atoms with van der Waals surface area (Å²) in [5.74, 6) is 1.28. The molecule has 0 aliphatic heterocycles. The fraction of sp³-hybridized carbons (Fsp3) is 0.667. The van der Waals surface area contributed by atoms with Crippen molar-refractivity contribution in [2.24, 2.45) is 11.7 Å². The highest BCUT2D eigenvalue weighted by Gasteiger charge is 2.02. The van der Waals surface area contributed by atoms with Crippen LogP contribution in [0.3, 0.4) is 0 Å². The van der Waals surface area contributed by atoms with Gasteiger partial charge in [0.05, 0.1) is 5.69 Å². The van der Waals surface area contributed by atoms with Gasteiger partial charge in [0, 0.05) is 19.2 Å². The van der Waals surface area contributed by atoms with Crippen LogP contribution in [0.1, 0.15) is 25.3 Å². The first kappa shape index (κ1) is 10.2. The van der Waals surface area contributed by atoms with Crippen LogP contribution in [0.2, 0.25) is 0 Å². The van der Waals surface area contributed by atoms with Crippen molar-refractivity contribution in [1.82, 2.24) is 5.16 Å². The molecule has 0 amide bonds. The molecule has 1 rings (SSSR count). The maximum absolute atomic E-state index is 5.38. The molecule has 74 valence electrons. The van der Waals surface area contributed by atoms with E-state index in [0.717, 1.165) is 18.1 Å². The number of hydrogen-bond acceptors (Lipinski definition) is 4. The molecule has 0 unspecified atom stereocenters. The molecule has 0 radical (unpaired) electrons. The Morgan fingerprint density at radius 2 is 2.38 bits per heavy atom. The van der Waals surface area contributed by atoms with Crippen LogP contribution in [0, 0.1) is 5.92 Å². The molecule has 0 saturated carbocycles. The molecule has 0 atom stereocenters. The van der Waals surface area contributed by atoms with E-state index in [4.69, 9.17) is 15.0 Å². The molecule has 4 heteroatoms. The van der Waals surface area contributed by atoms with Crippen LogP contribution in [0.15, 0.2) is 10.6 Å². The van der Waals surface area contributed by atoms with Gasteiger partial charge in [0.1, 0.15) is 6.61 Å². The quantitative estimate of drug-likeness (QED) is 0.749. The van der Waals surface area contributed by atoms with E-state index in [2.05, 4.69) is 19.0 Å². The molecule has 1 heterocycles. The maximum Gasteiger partial charge on any atom is 0.162 e. The van der Waals surface area contributed by atoms with E-state index in [1.165, 1.54) is 0 Å². The lowest BCUT2D eigenvalue weighted by Gasteiger charge is -2.03. The third-order valence-corrected chi connectivity index (χ3v) is 1.51. The van der Waals surface area contributed by atoms with E-state index in [-0.39, 0.29) is 0 Å². The summed E-state index contributed by atoms with van der Waals surface area (Å²) in [5.41, 5.74) is 6.14. The zero-order valence-electron chi connectivity index (χ0n) is 8.12. The van der Waals surface area contributed by atoms with E-state index in [0.29, 0.717) is 19.1 Å². The van der Waals surface area contributed by atoms with Crippen LogP contribution in [-0.4, -0.2) is 11.8 Å². The number of nitrogens with zero attached hydrogens (tertiary/aromatic N) is 1. The van der Waals surface area contributed by atoms with Crippen LogP contribution in [0.5, 0.6) is 0 Å². The summed E-state index contributed by atoms with van der Waals surface area (Å²) in [4.78, 5) is 0. The second-order valence-electron chi connectivity index (χ2n) is 3.40. The van der Waals surface area contributed by atoms with Gasteiger partial charge >= 0.3 is 0 Å². The highest BCUT2D eigenvalue weighted by molar-refractivity contribution is 5.03. The highest BCUT2D eigenvalue weighted by atomic mass is 16.5. The molecule has 2 N–H and O–H groups in total. The lowest BCUT2D eigenvalue weighted by Crippen LogP contribution is -2.01. The van der Waals surface area contributed by atoms with Gasteiger partial charge in [0.2, 0.25) is 0 Å². The largest absolute Gasteiger partial charge is 0.373 e. The second-order valence-corrected chi connectivity index (χ2v) is 3.40. The Bertz CT molecular complexity index is 246. The number of aromatic nitrogens is 1. The van der Waals surface area contributed by atoms with Gasteiger partial charge in [-0.1, -0.05) is 19.0 Å². The molecule has 1 aromatic rings. The molecule has 0 aliphatic rings. The molecule has 0 aliphatic carbocycles. The van der Waals surface area contributed by atoms with Gasteiger partial charge in [-0.3, -0.25) is 0 Å². The molecule has 0 spiro atoms. The lowest BCUT2D eigenvalue weighted by molar-refractivity contribution is 0.0805. The van der Waals surface area contributed by atoms with Crippen molar-refractivity contribution in [3.8, 4) is 0 Å². The summed E-state index contributed by atoms with van der Waals surface area (Å²) in [6, 6.07) is 1.82. The standard InChI is InChI=1S/C9H16N2O2/c1-7(2)5-12-6-9-3-8(4-10)11-13-9/h3,7H,4-6,10H2,1-2H3. The Labute approximate surface area is 78.0 Å². The zero-order chi connectivity index (χ0) is 9.68. The predicted molar refractivity (Wildman–Crippen MR) is 48.9 cm³/mol. The van der Waals surface area contributed by atoms with Gasteiger partial charge in [0.25, 0.3) is 0 Å². The Morgan fingerprint density at radius 1 is 1.62 bits per heavy atom. The number of ether oxygens (including phenoxy) is 1. The SMILES string of the molecule is CC(C)COCc1cc(CN)no1. The van der Waals surface area contributed by atoms with Crippen molar-refractivity contribution in [3.05, 3.63) is 17.5 Å². The molecule has 13 heavy (non-hydrogen) atoms. The molecular formula is C9H16N2O2. The first-order valence-electron chi connectivity index (χ1n) is 4.44. The summed E-state index contributed by atoms with van der Waals surface area (Å²) >= 11 is 0. The Balaban J connectivity index is 2.28. The number of nitrogens with two attached hydrogens (primary N) is 1. The third-order valence-electron chi connectivity index (χ3n) is 1.51. The lowest BCUT2D eigenvalue weighted by atomic mass is 10.2. The van der Waals surface area contributed by atoms with E-state index < -0.39 is 0 Å². The molecule has 0 saturated heterocycles. The summed E-state index contributed by atoms with van der Waals surface area (Å²) in [6.07, 6.45) is 0. The van der Waals surface area contributed by atoms with E-state index >= 15 is 0 Å². The fourth-order valence-corrected chi connectivity index (χ4v) is 0.915. The Hall–Kier alpha value is -0.870. The van der Waals surface area contributed by atoms with Gasteiger partial charge in [-0.15, -0.1) is 0 Å². The van der Waals surface area contributed by atoms with Crippen molar-refractivity contribution in [1.29, 1.82) is 0 Å². The number of hydrogen-bond donors (Lipinski definition) is 1. The topological polar surface area (TPSA) is 61.3 Å². The molecule has 0 bridgehead atoms. The average Bonchev–Trinajstić information content (AvgIpc) is 2.52. The summed E-state index contributed by atoms with van der Waals surface area (Å²) < 4.78 is 10.3. The summed E-state index contributed by atoms with van der Waals surface area (Å²) in [7, 11) is 0. The van der Waals surface area contributed by atoms with Gasteiger partial charge in [-0.2, -0.15) is 0 Å². The van der Waals surface area contributed by atoms with Crippen molar-refractivity contribution in [2.75, 3.05) is 6.61 Å². The smallest absolute Gasteiger partial charge is 0.162 e. The first-order valence-corrected chi connectivity index (χ1v) is 4.44. The van der Waals surface area contributed by atoms with Crippen molar-refractivity contribution in [2.45, 2.75) is 27.0 Å². The third kappa shape index (κ3) is 3.57. The van der Waals surface area contributed by atoms with Crippen molar-refractivity contribution in [3.63, 3.8) is 0 Å². The maximum atomic E-state index is 5.38. The van der Waals surface area contributed by atoms with Crippen LogP contribution in [0.25, 0.3) is 0 Å². The summed E-state index contributed by atoms with van der Waals surface area (Å²) in [5, 5.41) is 3.75. The minimum atomic E-state index is 0.410. The first-order chi connectivity index (χ1) is 6.22. The van der Waals surface area contributed by atoms with Crippen molar-refractivity contribution >= 4 is 0 Å². The minimum Gasteiger partial charge on any atom is -0.373 e. The van der Waals surface area contributed by atoms with E-state index in [1.807, 2.05) is 6.07 Å². The highest BCUT2D eigenvalue weighted by Crippen LogP contribution is 2.05. The van der Waals surface area contributed by atoms with Gasteiger partial charge in [-0.05, 0) is 5.92 Å². The Kier molecular flexibility index (Phi) is 3.92. The fourth-order valence-electron chi connectivity index (χ4n) is 0.915. The molecule has 0 aromatic carbocycles. The molecule has 0 fully saturated rings. The normalized spacial score (nSPS) is 11.1. The number of rotatable bonds is 5.